The van der Waals surface area contributed by atoms with Crippen molar-refractivity contribution < 1.29 is 9.47 Å². The standard InChI is InChI=1S/C16H12N2O2/c1-19-13-7-3-5-11(9-17)15(13)16-12(10-18)6-4-8-14(16)20-2/h3-8H,1-2H3. The fourth-order valence-electron chi connectivity index (χ4n) is 2.10. The zero-order valence-corrected chi connectivity index (χ0v) is 11.2. The first-order valence-corrected chi connectivity index (χ1v) is 5.91. The zero-order valence-electron chi connectivity index (χ0n) is 11.2. The molecule has 0 saturated heterocycles. The smallest absolute Gasteiger partial charge is 0.128 e. The van der Waals surface area contributed by atoms with Crippen LogP contribution in [-0.2, 0) is 0 Å². The second-order valence-electron chi connectivity index (χ2n) is 3.99. The van der Waals surface area contributed by atoms with Crippen molar-refractivity contribution in [2.24, 2.45) is 0 Å². The van der Waals surface area contributed by atoms with E-state index in [0.717, 1.165) is 0 Å². The number of ether oxygens (including phenoxy) is 2. The van der Waals surface area contributed by atoms with E-state index in [4.69, 9.17) is 9.47 Å². The largest absolute Gasteiger partial charge is 0.496 e. The lowest BCUT2D eigenvalue weighted by Gasteiger charge is -2.14. The Morgan fingerprint density at radius 1 is 0.750 bits per heavy atom. The van der Waals surface area contributed by atoms with Crippen molar-refractivity contribution in [2.75, 3.05) is 14.2 Å². The van der Waals surface area contributed by atoms with Crippen LogP contribution in [0, 0.1) is 22.7 Å². The van der Waals surface area contributed by atoms with E-state index in [9.17, 15) is 10.5 Å². The summed E-state index contributed by atoms with van der Waals surface area (Å²) in [7, 11) is 3.06. The highest BCUT2D eigenvalue weighted by molar-refractivity contribution is 5.84. The Bertz CT molecular complexity index is 661. The van der Waals surface area contributed by atoms with Gasteiger partial charge in [0.2, 0.25) is 0 Å². The van der Waals surface area contributed by atoms with E-state index < -0.39 is 0 Å². The predicted molar refractivity (Wildman–Crippen MR) is 74.4 cm³/mol. The first-order chi connectivity index (χ1) is 9.76. The summed E-state index contributed by atoms with van der Waals surface area (Å²) in [6.07, 6.45) is 0. The van der Waals surface area contributed by atoms with Gasteiger partial charge in [-0.2, -0.15) is 10.5 Å². The van der Waals surface area contributed by atoms with Crippen LogP contribution in [-0.4, -0.2) is 14.2 Å². The maximum absolute atomic E-state index is 9.30. The van der Waals surface area contributed by atoms with Gasteiger partial charge in [-0.25, -0.2) is 0 Å². The normalized spacial score (nSPS) is 9.40. The highest BCUT2D eigenvalue weighted by Gasteiger charge is 2.19. The minimum atomic E-state index is 0.436. The molecule has 2 rings (SSSR count). The third-order valence-electron chi connectivity index (χ3n) is 2.98. The zero-order chi connectivity index (χ0) is 14.5. The van der Waals surface area contributed by atoms with Gasteiger partial charge in [-0.3, -0.25) is 0 Å². The fraction of sp³-hybridized carbons (Fsp3) is 0.125. The number of nitrogens with zero attached hydrogens (tertiary/aromatic N) is 2. The first kappa shape index (κ1) is 13.5. The molecule has 0 heterocycles. The van der Waals surface area contributed by atoms with Crippen LogP contribution in [0.25, 0.3) is 11.1 Å². The van der Waals surface area contributed by atoms with Crippen LogP contribution in [0.3, 0.4) is 0 Å². The van der Waals surface area contributed by atoms with Crippen LogP contribution >= 0.6 is 0 Å². The minimum Gasteiger partial charge on any atom is -0.496 e. The second-order valence-corrected chi connectivity index (χ2v) is 3.99. The van der Waals surface area contributed by atoms with Gasteiger partial charge in [-0.15, -0.1) is 0 Å². The van der Waals surface area contributed by atoms with Gasteiger partial charge in [0.25, 0.3) is 0 Å². The third-order valence-corrected chi connectivity index (χ3v) is 2.98. The van der Waals surface area contributed by atoms with Gasteiger partial charge in [0.05, 0.1) is 37.5 Å². The lowest BCUT2D eigenvalue weighted by Crippen LogP contribution is -1.97. The summed E-state index contributed by atoms with van der Waals surface area (Å²) in [6.45, 7) is 0. The van der Waals surface area contributed by atoms with Crippen LogP contribution in [0.15, 0.2) is 36.4 Å². The molecule has 2 aromatic rings. The van der Waals surface area contributed by atoms with Crippen LogP contribution in [0.2, 0.25) is 0 Å². The summed E-state index contributed by atoms with van der Waals surface area (Å²) >= 11 is 0. The number of hydrogen-bond acceptors (Lipinski definition) is 4. The molecule has 20 heavy (non-hydrogen) atoms. The van der Waals surface area contributed by atoms with Crippen LogP contribution < -0.4 is 9.47 Å². The fourth-order valence-corrected chi connectivity index (χ4v) is 2.10. The van der Waals surface area contributed by atoms with E-state index in [1.807, 2.05) is 0 Å². The predicted octanol–water partition coefficient (Wildman–Crippen LogP) is 3.11. The van der Waals surface area contributed by atoms with Gasteiger partial charge in [0, 0.05) is 11.1 Å². The van der Waals surface area contributed by atoms with E-state index in [1.165, 1.54) is 14.2 Å². The van der Waals surface area contributed by atoms with Crippen molar-refractivity contribution in [1.29, 1.82) is 10.5 Å². The van der Waals surface area contributed by atoms with Crippen molar-refractivity contribution in [2.45, 2.75) is 0 Å². The summed E-state index contributed by atoms with van der Waals surface area (Å²) in [4.78, 5) is 0. The monoisotopic (exact) mass is 264 g/mol. The lowest BCUT2D eigenvalue weighted by molar-refractivity contribution is 0.410. The summed E-state index contributed by atoms with van der Waals surface area (Å²) in [5.74, 6) is 1.06. The van der Waals surface area contributed by atoms with Crippen molar-refractivity contribution in [1.82, 2.24) is 0 Å². The molecule has 0 unspecified atom stereocenters. The molecule has 0 aliphatic carbocycles. The Kier molecular flexibility index (Phi) is 3.88. The quantitative estimate of drug-likeness (QED) is 0.854. The van der Waals surface area contributed by atoms with Crippen molar-refractivity contribution >= 4 is 0 Å². The number of hydrogen-bond donors (Lipinski definition) is 0. The molecule has 4 nitrogen and oxygen atoms in total. The van der Waals surface area contributed by atoms with Gasteiger partial charge in [-0.1, -0.05) is 12.1 Å². The average molecular weight is 264 g/mol. The van der Waals surface area contributed by atoms with E-state index >= 15 is 0 Å². The molecule has 0 saturated carbocycles. The summed E-state index contributed by atoms with van der Waals surface area (Å²) in [5, 5.41) is 18.6. The first-order valence-electron chi connectivity index (χ1n) is 5.91. The van der Waals surface area contributed by atoms with Gasteiger partial charge < -0.3 is 9.47 Å². The Morgan fingerprint density at radius 3 is 1.45 bits per heavy atom. The van der Waals surface area contributed by atoms with Crippen molar-refractivity contribution in [3.05, 3.63) is 47.5 Å². The van der Waals surface area contributed by atoms with Crippen molar-refractivity contribution in [3.8, 4) is 34.8 Å². The van der Waals surface area contributed by atoms with Gasteiger partial charge in [0.15, 0.2) is 0 Å². The number of methoxy groups -OCH3 is 2. The second kappa shape index (κ2) is 5.77. The maximum atomic E-state index is 9.30. The topological polar surface area (TPSA) is 66.0 Å². The van der Waals surface area contributed by atoms with E-state index in [0.29, 0.717) is 33.8 Å². The van der Waals surface area contributed by atoms with E-state index in [2.05, 4.69) is 12.1 Å². The molecular formula is C16H12N2O2. The van der Waals surface area contributed by atoms with Gasteiger partial charge in [-0.05, 0) is 24.3 Å². The summed E-state index contributed by atoms with van der Waals surface area (Å²) < 4.78 is 10.7. The SMILES string of the molecule is COc1cccc(C#N)c1-c1c(C#N)cccc1OC. The van der Waals surface area contributed by atoms with E-state index in [1.54, 1.807) is 36.4 Å². The number of nitriles is 2. The van der Waals surface area contributed by atoms with Crippen molar-refractivity contribution in [3.63, 3.8) is 0 Å². The third kappa shape index (κ3) is 2.15. The van der Waals surface area contributed by atoms with E-state index in [-0.39, 0.29) is 0 Å². The molecule has 0 atom stereocenters. The highest BCUT2D eigenvalue weighted by atomic mass is 16.5. The van der Waals surface area contributed by atoms with Crippen LogP contribution in [0.1, 0.15) is 11.1 Å². The molecule has 0 aliphatic heterocycles. The molecule has 0 radical (unpaired) electrons. The Balaban J connectivity index is 2.88. The molecule has 2 aromatic carbocycles. The summed E-state index contributed by atoms with van der Waals surface area (Å²) in [5.41, 5.74) is 2.02. The average Bonchev–Trinajstić information content (AvgIpc) is 2.52. The minimum absolute atomic E-state index is 0.436. The van der Waals surface area contributed by atoms with Gasteiger partial charge >= 0.3 is 0 Å². The number of rotatable bonds is 3. The lowest BCUT2D eigenvalue weighted by atomic mass is 9.94. The molecule has 0 N–H and O–H groups in total. The molecule has 4 heteroatoms. The Morgan fingerprint density at radius 2 is 1.15 bits per heavy atom. The van der Waals surface area contributed by atoms with Crippen LogP contribution in [0.5, 0.6) is 11.5 Å². The molecule has 0 spiro atoms. The molecule has 0 fully saturated rings. The molecule has 0 bridgehead atoms. The Hall–Kier alpha value is -2.98. The molecular weight excluding hydrogens is 252 g/mol. The number of benzene rings is 2. The molecule has 0 aromatic heterocycles. The van der Waals surface area contributed by atoms with Gasteiger partial charge in [0.1, 0.15) is 11.5 Å². The summed E-state index contributed by atoms with van der Waals surface area (Å²) in [6, 6.07) is 14.6. The maximum Gasteiger partial charge on any atom is 0.128 e. The molecule has 98 valence electrons. The van der Waals surface area contributed by atoms with Crippen LogP contribution in [0.4, 0.5) is 0 Å². The Labute approximate surface area is 117 Å². The molecule has 0 amide bonds. The molecule has 0 aliphatic rings. The highest BCUT2D eigenvalue weighted by Crippen LogP contribution is 2.40.